The Hall–Kier alpha value is -1.39. The lowest BCUT2D eigenvalue weighted by Crippen LogP contribution is -1.99. The molecule has 16 heavy (non-hydrogen) atoms. The van der Waals surface area contributed by atoms with Gasteiger partial charge in [-0.3, -0.25) is 0 Å². The van der Waals surface area contributed by atoms with E-state index in [0.29, 0.717) is 10.6 Å². The predicted octanol–water partition coefficient (Wildman–Crippen LogP) is 3.17. The lowest BCUT2D eigenvalue weighted by atomic mass is 10.1. The highest BCUT2D eigenvalue weighted by Crippen LogP contribution is 2.33. The van der Waals surface area contributed by atoms with Gasteiger partial charge in [0.15, 0.2) is 5.82 Å². The van der Waals surface area contributed by atoms with E-state index in [-0.39, 0.29) is 16.7 Å². The molecule has 3 nitrogen and oxygen atoms in total. The second-order valence-corrected chi connectivity index (χ2v) is 3.81. The number of nitrogen functional groups attached to an aromatic ring is 1. The van der Waals surface area contributed by atoms with Gasteiger partial charge in [-0.1, -0.05) is 35.3 Å². The Labute approximate surface area is 101 Å². The van der Waals surface area contributed by atoms with E-state index in [1.807, 2.05) is 0 Å². The number of nitrogens with two attached hydrogens (primary N) is 1. The smallest absolute Gasteiger partial charge is 0.220 e. The standard InChI is InChI=1S/C10H6Cl2FN3/c11-6-3-1-2-5(8(6)12)9-7(13)4-15-10(14)16-9/h1-4H,(H2,14,15,16). The third-order valence-electron chi connectivity index (χ3n) is 1.97. The van der Waals surface area contributed by atoms with Gasteiger partial charge < -0.3 is 5.73 Å². The number of rotatable bonds is 1. The van der Waals surface area contributed by atoms with Crippen molar-refractivity contribution < 1.29 is 4.39 Å². The van der Waals surface area contributed by atoms with Crippen molar-refractivity contribution in [2.24, 2.45) is 0 Å². The van der Waals surface area contributed by atoms with Gasteiger partial charge >= 0.3 is 0 Å². The third-order valence-corrected chi connectivity index (χ3v) is 2.79. The van der Waals surface area contributed by atoms with E-state index in [0.717, 1.165) is 6.20 Å². The molecule has 2 aromatic rings. The van der Waals surface area contributed by atoms with Gasteiger partial charge in [0.1, 0.15) is 5.69 Å². The average molecular weight is 258 g/mol. The second kappa shape index (κ2) is 4.23. The SMILES string of the molecule is Nc1ncc(F)c(-c2cccc(Cl)c2Cl)n1. The largest absolute Gasteiger partial charge is 0.368 e. The lowest BCUT2D eigenvalue weighted by molar-refractivity contribution is 0.619. The van der Waals surface area contributed by atoms with Crippen LogP contribution in [0, 0.1) is 5.82 Å². The van der Waals surface area contributed by atoms with Crippen LogP contribution in [-0.2, 0) is 0 Å². The summed E-state index contributed by atoms with van der Waals surface area (Å²) in [6, 6.07) is 4.87. The molecule has 0 spiro atoms. The molecule has 2 rings (SSSR count). The molecular weight excluding hydrogens is 252 g/mol. The normalized spacial score (nSPS) is 10.4. The first-order chi connectivity index (χ1) is 7.59. The zero-order valence-electron chi connectivity index (χ0n) is 7.92. The second-order valence-electron chi connectivity index (χ2n) is 3.03. The highest BCUT2D eigenvalue weighted by atomic mass is 35.5. The van der Waals surface area contributed by atoms with Gasteiger partial charge in [0.25, 0.3) is 0 Å². The van der Waals surface area contributed by atoms with Gasteiger partial charge in [-0.2, -0.15) is 0 Å². The van der Waals surface area contributed by atoms with E-state index in [1.165, 1.54) is 0 Å². The van der Waals surface area contributed by atoms with Crippen molar-refractivity contribution in [3.8, 4) is 11.3 Å². The van der Waals surface area contributed by atoms with Crippen molar-refractivity contribution in [2.75, 3.05) is 5.73 Å². The van der Waals surface area contributed by atoms with Gasteiger partial charge in [0, 0.05) is 5.56 Å². The van der Waals surface area contributed by atoms with Crippen molar-refractivity contribution in [2.45, 2.75) is 0 Å². The van der Waals surface area contributed by atoms with Crippen molar-refractivity contribution in [1.29, 1.82) is 0 Å². The number of halogens is 3. The molecule has 0 saturated heterocycles. The van der Waals surface area contributed by atoms with E-state index in [9.17, 15) is 4.39 Å². The summed E-state index contributed by atoms with van der Waals surface area (Å²) in [6.45, 7) is 0. The zero-order valence-corrected chi connectivity index (χ0v) is 9.43. The summed E-state index contributed by atoms with van der Waals surface area (Å²) in [5, 5.41) is 0.567. The topological polar surface area (TPSA) is 51.8 Å². The molecule has 0 aliphatic heterocycles. The Kier molecular flexibility index (Phi) is 2.94. The van der Waals surface area contributed by atoms with Gasteiger partial charge in [-0.15, -0.1) is 0 Å². The number of anilines is 1. The molecule has 2 N–H and O–H groups in total. The maximum atomic E-state index is 13.5. The molecule has 0 aliphatic carbocycles. The number of aromatic nitrogens is 2. The lowest BCUT2D eigenvalue weighted by Gasteiger charge is -2.06. The van der Waals surface area contributed by atoms with Crippen molar-refractivity contribution in [1.82, 2.24) is 9.97 Å². The Balaban J connectivity index is 2.67. The Morgan fingerprint density at radius 1 is 1.25 bits per heavy atom. The zero-order chi connectivity index (χ0) is 11.7. The molecule has 0 amide bonds. The highest BCUT2D eigenvalue weighted by molar-refractivity contribution is 6.43. The van der Waals surface area contributed by atoms with Crippen LogP contribution in [0.15, 0.2) is 24.4 Å². The molecule has 0 saturated carbocycles. The average Bonchev–Trinajstić information content (AvgIpc) is 2.26. The van der Waals surface area contributed by atoms with Crippen molar-refractivity contribution >= 4 is 29.2 Å². The maximum Gasteiger partial charge on any atom is 0.220 e. The van der Waals surface area contributed by atoms with Crippen LogP contribution in [0.3, 0.4) is 0 Å². The Morgan fingerprint density at radius 2 is 2.00 bits per heavy atom. The van der Waals surface area contributed by atoms with E-state index in [1.54, 1.807) is 18.2 Å². The minimum absolute atomic E-state index is 0.0209. The van der Waals surface area contributed by atoms with Crippen LogP contribution in [-0.4, -0.2) is 9.97 Å². The van der Waals surface area contributed by atoms with Gasteiger partial charge in [0.05, 0.1) is 16.2 Å². The first-order valence-corrected chi connectivity index (χ1v) is 5.07. The molecule has 82 valence electrons. The fourth-order valence-corrected chi connectivity index (χ4v) is 1.65. The van der Waals surface area contributed by atoms with Crippen molar-refractivity contribution in [3.05, 3.63) is 40.3 Å². The van der Waals surface area contributed by atoms with Crippen LogP contribution in [0.5, 0.6) is 0 Å². The fraction of sp³-hybridized carbons (Fsp3) is 0. The molecule has 0 aliphatic rings. The molecule has 0 unspecified atom stereocenters. The number of hydrogen-bond acceptors (Lipinski definition) is 3. The molecule has 0 radical (unpaired) electrons. The first kappa shape index (κ1) is 11.1. The first-order valence-electron chi connectivity index (χ1n) is 4.32. The number of benzene rings is 1. The van der Waals surface area contributed by atoms with Crippen LogP contribution in [0.4, 0.5) is 10.3 Å². The quantitative estimate of drug-likeness (QED) is 0.854. The summed E-state index contributed by atoms with van der Waals surface area (Å²) in [5.74, 6) is -0.620. The van der Waals surface area contributed by atoms with E-state index in [2.05, 4.69) is 9.97 Å². The van der Waals surface area contributed by atoms with E-state index < -0.39 is 5.82 Å². The van der Waals surface area contributed by atoms with Crippen LogP contribution >= 0.6 is 23.2 Å². The third kappa shape index (κ3) is 1.94. The van der Waals surface area contributed by atoms with E-state index >= 15 is 0 Å². The molecule has 6 heteroatoms. The summed E-state index contributed by atoms with van der Waals surface area (Å²) in [4.78, 5) is 7.33. The fourth-order valence-electron chi connectivity index (χ4n) is 1.26. The Morgan fingerprint density at radius 3 is 2.75 bits per heavy atom. The summed E-state index contributed by atoms with van der Waals surface area (Å²) < 4.78 is 13.5. The number of hydrogen-bond donors (Lipinski definition) is 1. The molecular formula is C10H6Cl2FN3. The summed E-state index contributed by atoms with van der Waals surface area (Å²) in [7, 11) is 0. The Bertz CT molecular complexity index is 546. The van der Waals surface area contributed by atoms with Crippen LogP contribution in [0.1, 0.15) is 0 Å². The van der Waals surface area contributed by atoms with Crippen molar-refractivity contribution in [3.63, 3.8) is 0 Å². The minimum Gasteiger partial charge on any atom is -0.368 e. The summed E-state index contributed by atoms with van der Waals surface area (Å²) >= 11 is 11.8. The molecule has 0 bridgehead atoms. The minimum atomic E-state index is -0.599. The van der Waals surface area contributed by atoms with Gasteiger partial charge in [-0.25, -0.2) is 14.4 Å². The summed E-state index contributed by atoms with van der Waals surface area (Å²) in [6.07, 6.45) is 0.995. The van der Waals surface area contributed by atoms with Gasteiger partial charge in [-0.05, 0) is 6.07 Å². The molecule has 0 fully saturated rings. The number of nitrogens with zero attached hydrogens (tertiary/aromatic N) is 2. The van der Waals surface area contributed by atoms with Crippen LogP contribution in [0.25, 0.3) is 11.3 Å². The van der Waals surface area contributed by atoms with Crippen LogP contribution in [0.2, 0.25) is 10.0 Å². The van der Waals surface area contributed by atoms with Gasteiger partial charge in [0.2, 0.25) is 5.95 Å². The molecule has 1 heterocycles. The predicted molar refractivity (Wildman–Crippen MR) is 61.9 cm³/mol. The van der Waals surface area contributed by atoms with Crippen LogP contribution < -0.4 is 5.73 Å². The maximum absolute atomic E-state index is 13.5. The summed E-state index contributed by atoms with van der Waals surface area (Å²) in [5.41, 5.74) is 5.82. The van der Waals surface area contributed by atoms with E-state index in [4.69, 9.17) is 28.9 Å². The molecule has 0 atom stereocenters. The monoisotopic (exact) mass is 257 g/mol. The highest BCUT2D eigenvalue weighted by Gasteiger charge is 2.13. The molecule has 1 aromatic heterocycles. The molecule has 1 aromatic carbocycles.